The van der Waals surface area contributed by atoms with Gasteiger partial charge in [-0.15, -0.1) is 0 Å². The summed E-state index contributed by atoms with van der Waals surface area (Å²) in [6, 6.07) is 10.4. The lowest BCUT2D eigenvalue weighted by Gasteiger charge is -2.14. The SMILES string of the molecule is COCCCn1c(=O)c2ccccc2n(CC(=O)Nc2ccc(Cl)cc2F)c1=O. The van der Waals surface area contributed by atoms with E-state index in [4.69, 9.17) is 16.3 Å². The number of aromatic nitrogens is 2. The van der Waals surface area contributed by atoms with E-state index in [0.29, 0.717) is 23.9 Å². The molecule has 1 N–H and O–H groups in total. The quantitative estimate of drug-likeness (QED) is 0.597. The molecular formula is C20H19ClFN3O4. The summed E-state index contributed by atoms with van der Waals surface area (Å²) >= 11 is 5.71. The van der Waals surface area contributed by atoms with Gasteiger partial charge in [0.25, 0.3) is 5.56 Å². The van der Waals surface area contributed by atoms with Crippen molar-refractivity contribution in [3.05, 3.63) is 74.1 Å². The van der Waals surface area contributed by atoms with E-state index >= 15 is 0 Å². The van der Waals surface area contributed by atoms with Gasteiger partial charge < -0.3 is 10.1 Å². The highest BCUT2D eigenvalue weighted by Gasteiger charge is 2.16. The third kappa shape index (κ3) is 4.55. The van der Waals surface area contributed by atoms with Crippen molar-refractivity contribution in [3.8, 4) is 0 Å². The number of carbonyl (C=O) groups is 1. The average Bonchev–Trinajstić information content (AvgIpc) is 2.70. The molecule has 0 unspecified atom stereocenters. The second kappa shape index (κ2) is 9.02. The molecule has 1 heterocycles. The summed E-state index contributed by atoms with van der Waals surface area (Å²) in [5.41, 5.74) is -0.763. The van der Waals surface area contributed by atoms with Crippen molar-refractivity contribution >= 4 is 34.1 Å². The molecule has 0 atom stereocenters. The number of fused-ring (bicyclic) bond motifs is 1. The number of hydrogen-bond acceptors (Lipinski definition) is 4. The molecule has 0 radical (unpaired) electrons. The molecule has 0 saturated heterocycles. The number of benzene rings is 2. The highest BCUT2D eigenvalue weighted by atomic mass is 35.5. The van der Waals surface area contributed by atoms with E-state index in [-0.39, 0.29) is 23.8 Å². The number of amides is 1. The molecule has 2 aromatic carbocycles. The Hall–Kier alpha value is -2.97. The molecule has 0 aliphatic rings. The first-order chi connectivity index (χ1) is 13.9. The Morgan fingerprint density at radius 2 is 1.93 bits per heavy atom. The Morgan fingerprint density at radius 3 is 2.66 bits per heavy atom. The van der Waals surface area contributed by atoms with Crippen molar-refractivity contribution in [3.63, 3.8) is 0 Å². The summed E-state index contributed by atoms with van der Waals surface area (Å²) in [5.74, 6) is -1.30. The van der Waals surface area contributed by atoms with Gasteiger partial charge in [-0.3, -0.25) is 18.7 Å². The van der Waals surface area contributed by atoms with Gasteiger partial charge in [0.1, 0.15) is 12.4 Å². The second-order valence-corrected chi connectivity index (χ2v) is 6.80. The highest BCUT2D eigenvalue weighted by molar-refractivity contribution is 6.30. The number of methoxy groups -OCH3 is 1. The molecular weight excluding hydrogens is 401 g/mol. The van der Waals surface area contributed by atoms with Crippen molar-refractivity contribution in [2.45, 2.75) is 19.5 Å². The van der Waals surface area contributed by atoms with Crippen molar-refractivity contribution in [2.24, 2.45) is 0 Å². The molecule has 29 heavy (non-hydrogen) atoms. The van der Waals surface area contributed by atoms with Gasteiger partial charge in [-0.25, -0.2) is 9.18 Å². The van der Waals surface area contributed by atoms with Gasteiger partial charge in [-0.1, -0.05) is 23.7 Å². The van der Waals surface area contributed by atoms with Gasteiger partial charge in [0.15, 0.2) is 0 Å². The molecule has 0 fully saturated rings. The number of anilines is 1. The van der Waals surface area contributed by atoms with Crippen LogP contribution in [0.2, 0.25) is 5.02 Å². The molecule has 1 aromatic heterocycles. The lowest BCUT2D eigenvalue weighted by atomic mass is 10.2. The van der Waals surface area contributed by atoms with Crippen LogP contribution >= 0.6 is 11.6 Å². The average molecular weight is 420 g/mol. The number of ether oxygens (including phenoxy) is 1. The van der Waals surface area contributed by atoms with E-state index in [0.717, 1.165) is 10.6 Å². The van der Waals surface area contributed by atoms with Gasteiger partial charge in [-0.05, 0) is 36.8 Å². The topological polar surface area (TPSA) is 82.3 Å². The zero-order chi connectivity index (χ0) is 21.0. The van der Waals surface area contributed by atoms with Crippen molar-refractivity contribution < 1.29 is 13.9 Å². The molecule has 3 aromatic rings. The third-order valence-corrected chi connectivity index (χ3v) is 4.60. The Labute approximate surface area is 170 Å². The summed E-state index contributed by atoms with van der Waals surface area (Å²) in [5, 5.41) is 2.94. The number of carbonyl (C=O) groups excluding carboxylic acids is 1. The lowest BCUT2D eigenvalue weighted by Crippen LogP contribution is -2.42. The van der Waals surface area contributed by atoms with Crippen molar-refractivity contribution in [2.75, 3.05) is 19.0 Å². The predicted octanol–water partition coefficient (Wildman–Crippen LogP) is 2.63. The summed E-state index contributed by atoms with van der Waals surface area (Å²) < 4.78 is 21.2. The van der Waals surface area contributed by atoms with Crippen LogP contribution in [0.5, 0.6) is 0 Å². The molecule has 152 valence electrons. The monoisotopic (exact) mass is 419 g/mol. The summed E-state index contributed by atoms with van der Waals surface area (Å²) in [6.07, 6.45) is 0.464. The molecule has 0 aliphatic heterocycles. The van der Waals surface area contributed by atoms with Crippen molar-refractivity contribution in [1.82, 2.24) is 9.13 Å². The molecule has 0 saturated carbocycles. The van der Waals surface area contributed by atoms with Gasteiger partial charge in [0.05, 0.1) is 16.6 Å². The Kier molecular flexibility index (Phi) is 6.46. The van der Waals surface area contributed by atoms with Crippen LogP contribution in [0.3, 0.4) is 0 Å². The first-order valence-corrected chi connectivity index (χ1v) is 9.26. The normalized spacial score (nSPS) is 11.0. The number of halogens is 2. The standard InChI is InChI=1S/C20H19ClFN3O4/c1-29-10-4-9-24-19(27)14-5-2-3-6-17(14)25(20(24)28)12-18(26)23-16-8-7-13(21)11-15(16)22/h2-3,5-8,11H,4,9-10,12H2,1H3,(H,23,26). The number of nitrogens with zero attached hydrogens (tertiary/aromatic N) is 2. The van der Waals surface area contributed by atoms with E-state index in [9.17, 15) is 18.8 Å². The number of hydrogen-bond donors (Lipinski definition) is 1. The van der Waals surface area contributed by atoms with E-state index in [1.54, 1.807) is 24.3 Å². The van der Waals surface area contributed by atoms with Gasteiger partial charge in [0, 0.05) is 25.3 Å². The minimum absolute atomic E-state index is 0.0508. The lowest BCUT2D eigenvalue weighted by molar-refractivity contribution is -0.116. The molecule has 7 nitrogen and oxygen atoms in total. The minimum atomic E-state index is -0.687. The molecule has 0 bridgehead atoms. The fraction of sp³-hybridized carbons (Fsp3) is 0.250. The predicted molar refractivity (Wildman–Crippen MR) is 109 cm³/mol. The largest absolute Gasteiger partial charge is 0.385 e. The van der Waals surface area contributed by atoms with Crippen LogP contribution in [0, 0.1) is 5.82 Å². The Bertz CT molecular complexity index is 1170. The summed E-state index contributed by atoms with van der Waals surface area (Å²) in [4.78, 5) is 38.1. The first kappa shape index (κ1) is 20.8. The summed E-state index contributed by atoms with van der Waals surface area (Å²) in [6.45, 7) is 0.158. The third-order valence-electron chi connectivity index (χ3n) is 4.37. The van der Waals surface area contributed by atoms with Crippen LogP contribution < -0.4 is 16.6 Å². The van der Waals surface area contributed by atoms with Crippen LogP contribution in [-0.4, -0.2) is 28.8 Å². The molecule has 3 rings (SSSR count). The minimum Gasteiger partial charge on any atom is -0.385 e. The van der Waals surface area contributed by atoms with Crippen molar-refractivity contribution in [1.29, 1.82) is 0 Å². The van der Waals surface area contributed by atoms with E-state index < -0.39 is 23.0 Å². The highest BCUT2D eigenvalue weighted by Crippen LogP contribution is 2.19. The molecule has 0 aliphatic carbocycles. The molecule has 0 spiro atoms. The van der Waals surface area contributed by atoms with Crippen LogP contribution in [0.15, 0.2) is 52.1 Å². The zero-order valence-electron chi connectivity index (χ0n) is 15.7. The fourth-order valence-electron chi connectivity index (χ4n) is 3.01. The maximum atomic E-state index is 13.9. The van der Waals surface area contributed by atoms with Crippen LogP contribution in [-0.2, 0) is 22.6 Å². The van der Waals surface area contributed by atoms with Gasteiger partial charge in [-0.2, -0.15) is 0 Å². The van der Waals surface area contributed by atoms with Gasteiger partial charge in [0.2, 0.25) is 5.91 Å². The number of rotatable bonds is 7. The number of nitrogens with one attached hydrogen (secondary N) is 1. The number of para-hydroxylation sites is 1. The fourth-order valence-corrected chi connectivity index (χ4v) is 3.17. The van der Waals surface area contributed by atoms with Crippen LogP contribution in [0.1, 0.15) is 6.42 Å². The zero-order valence-corrected chi connectivity index (χ0v) is 16.4. The maximum Gasteiger partial charge on any atom is 0.331 e. The molecule has 1 amide bonds. The maximum absolute atomic E-state index is 13.9. The smallest absolute Gasteiger partial charge is 0.331 e. The van der Waals surface area contributed by atoms with E-state index in [1.165, 1.54) is 23.8 Å². The van der Waals surface area contributed by atoms with E-state index in [2.05, 4.69) is 5.32 Å². The van der Waals surface area contributed by atoms with Crippen LogP contribution in [0.25, 0.3) is 10.9 Å². The Morgan fingerprint density at radius 1 is 1.17 bits per heavy atom. The molecule has 9 heteroatoms. The summed E-state index contributed by atoms with van der Waals surface area (Å²) in [7, 11) is 1.53. The van der Waals surface area contributed by atoms with E-state index in [1.807, 2.05) is 0 Å². The van der Waals surface area contributed by atoms with Crippen LogP contribution in [0.4, 0.5) is 10.1 Å². The second-order valence-electron chi connectivity index (χ2n) is 6.36. The Balaban J connectivity index is 1.98. The van der Waals surface area contributed by atoms with Gasteiger partial charge >= 0.3 is 5.69 Å². The first-order valence-electron chi connectivity index (χ1n) is 8.88.